The standard InChI is InChI=1S/C15H18FNO2/c1-9-6-11-7-12(19-15(3,4)5)8-13(16)14(11)17(9)10(2)18/h6-8H,1-5H3. The minimum absolute atomic E-state index is 0.198. The molecule has 0 saturated heterocycles. The molecular formula is C15H18FNO2. The predicted molar refractivity (Wildman–Crippen MR) is 73.3 cm³/mol. The first kappa shape index (κ1) is 13.6. The van der Waals surface area contributed by atoms with Gasteiger partial charge in [0.2, 0.25) is 5.91 Å². The molecule has 102 valence electrons. The van der Waals surface area contributed by atoms with Gasteiger partial charge in [-0.1, -0.05) is 0 Å². The summed E-state index contributed by atoms with van der Waals surface area (Å²) < 4.78 is 21.2. The minimum Gasteiger partial charge on any atom is -0.488 e. The van der Waals surface area contributed by atoms with Crippen molar-refractivity contribution in [3.05, 3.63) is 29.7 Å². The molecule has 0 aliphatic carbocycles. The summed E-state index contributed by atoms with van der Waals surface area (Å²) in [6, 6.07) is 4.87. The quantitative estimate of drug-likeness (QED) is 0.780. The van der Waals surface area contributed by atoms with Gasteiger partial charge in [-0.3, -0.25) is 9.36 Å². The van der Waals surface area contributed by atoms with Crippen LogP contribution in [-0.2, 0) is 0 Å². The Morgan fingerprint density at radius 3 is 2.42 bits per heavy atom. The van der Waals surface area contributed by atoms with Crippen molar-refractivity contribution in [2.75, 3.05) is 0 Å². The zero-order chi connectivity index (χ0) is 14.4. The molecule has 0 N–H and O–H groups in total. The molecule has 1 aromatic heterocycles. The first-order chi connectivity index (χ1) is 8.69. The van der Waals surface area contributed by atoms with Crippen LogP contribution in [0.2, 0.25) is 0 Å². The van der Waals surface area contributed by atoms with Gasteiger partial charge in [-0.2, -0.15) is 0 Å². The molecule has 19 heavy (non-hydrogen) atoms. The van der Waals surface area contributed by atoms with Crippen LogP contribution < -0.4 is 4.74 Å². The maximum Gasteiger partial charge on any atom is 0.228 e. The van der Waals surface area contributed by atoms with Crippen molar-refractivity contribution in [1.29, 1.82) is 0 Å². The summed E-state index contributed by atoms with van der Waals surface area (Å²) in [5.74, 6) is -0.172. The van der Waals surface area contributed by atoms with Gasteiger partial charge < -0.3 is 4.74 Å². The van der Waals surface area contributed by atoms with E-state index in [4.69, 9.17) is 4.74 Å². The number of nitrogens with zero attached hydrogens (tertiary/aromatic N) is 1. The Hall–Kier alpha value is -1.84. The van der Waals surface area contributed by atoms with Crippen molar-refractivity contribution in [2.24, 2.45) is 0 Å². The van der Waals surface area contributed by atoms with E-state index in [-0.39, 0.29) is 5.91 Å². The monoisotopic (exact) mass is 263 g/mol. The highest BCUT2D eigenvalue weighted by atomic mass is 19.1. The van der Waals surface area contributed by atoms with E-state index >= 15 is 0 Å². The van der Waals surface area contributed by atoms with Crippen molar-refractivity contribution >= 4 is 16.8 Å². The number of aromatic nitrogens is 1. The van der Waals surface area contributed by atoms with Crippen LogP contribution in [0.1, 0.15) is 38.2 Å². The van der Waals surface area contributed by atoms with E-state index in [1.54, 1.807) is 19.1 Å². The van der Waals surface area contributed by atoms with Crippen molar-refractivity contribution in [2.45, 2.75) is 40.2 Å². The predicted octanol–water partition coefficient (Wildman–Crippen LogP) is 3.93. The van der Waals surface area contributed by atoms with Gasteiger partial charge in [-0.15, -0.1) is 0 Å². The molecule has 0 radical (unpaired) electrons. The van der Waals surface area contributed by atoms with Gasteiger partial charge in [-0.05, 0) is 39.8 Å². The van der Waals surface area contributed by atoms with E-state index in [0.717, 1.165) is 0 Å². The summed E-state index contributed by atoms with van der Waals surface area (Å²) in [5, 5.41) is 0.673. The lowest BCUT2D eigenvalue weighted by Gasteiger charge is -2.21. The molecule has 0 aliphatic rings. The molecule has 0 amide bonds. The van der Waals surface area contributed by atoms with Crippen LogP contribution in [0.15, 0.2) is 18.2 Å². The normalized spacial score (nSPS) is 11.9. The maximum atomic E-state index is 14.2. The van der Waals surface area contributed by atoms with Gasteiger partial charge >= 0.3 is 0 Å². The average Bonchev–Trinajstić information content (AvgIpc) is 2.51. The van der Waals surface area contributed by atoms with Crippen LogP contribution >= 0.6 is 0 Å². The first-order valence-electron chi connectivity index (χ1n) is 6.20. The largest absolute Gasteiger partial charge is 0.488 e. The second-order valence-electron chi connectivity index (χ2n) is 5.70. The Balaban J connectivity index is 2.63. The highest BCUT2D eigenvalue weighted by molar-refractivity contribution is 5.93. The molecule has 0 bridgehead atoms. The van der Waals surface area contributed by atoms with Gasteiger partial charge in [0.15, 0.2) is 5.82 Å². The number of carbonyl (C=O) groups is 1. The Bertz CT molecular complexity index is 650. The smallest absolute Gasteiger partial charge is 0.228 e. The van der Waals surface area contributed by atoms with Crippen LogP contribution in [0, 0.1) is 12.7 Å². The number of aryl methyl sites for hydroxylation is 1. The van der Waals surface area contributed by atoms with Crippen LogP contribution in [0.5, 0.6) is 5.75 Å². The number of ether oxygens (including phenoxy) is 1. The van der Waals surface area contributed by atoms with Crippen LogP contribution in [0.3, 0.4) is 0 Å². The lowest BCUT2D eigenvalue weighted by molar-refractivity contribution is 0.0938. The van der Waals surface area contributed by atoms with Gasteiger partial charge in [-0.25, -0.2) is 4.39 Å². The van der Waals surface area contributed by atoms with Crippen molar-refractivity contribution in [1.82, 2.24) is 4.57 Å². The number of fused-ring (bicyclic) bond motifs is 1. The van der Waals surface area contributed by atoms with Crippen LogP contribution in [0.4, 0.5) is 4.39 Å². The topological polar surface area (TPSA) is 31.2 Å². The summed E-state index contributed by atoms with van der Waals surface area (Å²) in [7, 11) is 0. The Morgan fingerprint density at radius 1 is 1.26 bits per heavy atom. The summed E-state index contributed by atoms with van der Waals surface area (Å²) >= 11 is 0. The molecule has 2 aromatic rings. The number of hydrogen-bond donors (Lipinski definition) is 0. The second-order valence-corrected chi connectivity index (χ2v) is 5.70. The molecule has 0 fully saturated rings. The maximum absolute atomic E-state index is 14.2. The van der Waals surface area contributed by atoms with E-state index in [2.05, 4.69) is 0 Å². The fourth-order valence-corrected chi connectivity index (χ4v) is 2.22. The number of rotatable bonds is 1. The summed E-state index contributed by atoms with van der Waals surface area (Å²) in [6.07, 6.45) is 0. The third-order valence-electron chi connectivity index (χ3n) is 2.75. The summed E-state index contributed by atoms with van der Waals surface area (Å²) in [5.41, 5.74) is 0.638. The third-order valence-corrected chi connectivity index (χ3v) is 2.75. The van der Waals surface area contributed by atoms with Gasteiger partial charge in [0.1, 0.15) is 11.4 Å². The van der Waals surface area contributed by atoms with Crippen molar-refractivity contribution < 1.29 is 13.9 Å². The lowest BCUT2D eigenvalue weighted by atomic mass is 10.2. The lowest BCUT2D eigenvalue weighted by Crippen LogP contribution is -2.23. The zero-order valence-electron chi connectivity index (χ0n) is 11.9. The molecule has 1 aromatic carbocycles. The molecule has 0 atom stereocenters. The molecule has 0 saturated carbocycles. The number of hydrogen-bond acceptors (Lipinski definition) is 2. The molecule has 0 spiro atoms. The summed E-state index contributed by atoms with van der Waals surface area (Å²) in [4.78, 5) is 11.6. The Labute approximate surface area is 112 Å². The summed E-state index contributed by atoms with van der Waals surface area (Å²) in [6.45, 7) is 8.92. The van der Waals surface area contributed by atoms with Gasteiger partial charge in [0.25, 0.3) is 0 Å². The fourth-order valence-electron chi connectivity index (χ4n) is 2.22. The minimum atomic E-state index is -0.444. The van der Waals surface area contributed by atoms with Gasteiger partial charge in [0, 0.05) is 24.1 Å². The molecule has 0 aliphatic heterocycles. The van der Waals surface area contributed by atoms with Crippen molar-refractivity contribution in [3.8, 4) is 5.75 Å². The number of halogens is 1. The van der Waals surface area contributed by atoms with E-state index in [1.807, 2.05) is 20.8 Å². The SMILES string of the molecule is CC(=O)n1c(C)cc2cc(OC(C)(C)C)cc(F)c21. The van der Waals surface area contributed by atoms with Crippen molar-refractivity contribution in [3.63, 3.8) is 0 Å². The van der Waals surface area contributed by atoms with Crippen LogP contribution in [0.25, 0.3) is 10.9 Å². The van der Waals surface area contributed by atoms with E-state index in [9.17, 15) is 9.18 Å². The third kappa shape index (κ3) is 2.62. The van der Waals surface area contributed by atoms with Gasteiger partial charge in [0.05, 0.1) is 5.52 Å². The van der Waals surface area contributed by atoms with Crippen LogP contribution in [-0.4, -0.2) is 16.1 Å². The molecule has 2 rings (SSSR count). The Kier molecular flexibility index (Phi) is 3.12. The first-order valence-corrected chi connectivity index (χ1v) is 6.20. The van der Waals surface area contributed by atoms with E-state index in [1.165, 1.54) is 17.6 Å². The molecule has 3 nitrogen and oxygen atoms in total. The van der Waals surface area contributed by atoms with E-state index in [0.29, 0.717) is 22.3 Å². The second kappa shape index (κ2) is 4.37. The number of carbonyl (C=O) groups excluding carboxylic acids is 1. The van der Waals surface area contributed by atoms with E-state index < -0.39 is 11.4 Å². The molecule has 4 heteroatoms. The highest BCUT2D eigenvalue weighted by Crippen LogP contribution is 2.29. The molecule has 0 unspecified atom stereocenters. The zero-order valence-corrected chi connectivity index (χ0v) is 11.9. The molecule has 1 heterocycles. The molecular weight excluding hydrogens is 245 g/mol. The fraction of sp³-hybridized carbons (Fsp3) is 0.400. The number of benzene rings is 1. The average molecular weight is 263 g/mol. The highest BCUT2D eigenvalue weighted by Gasteiger charge is 2.17. The Morgan fingerprint density at radius 2 is 1.89 bits per heavy atom.